The number of hydrogen-bond acceptors (Lipinski definition) is 4. The highest BCUT2D eigenvalue weighted by Crippen LogP contribution is 2.26. The van der Waals surface area contributed by atoms with Crippen LogP contribution in [0.4, 0.5) is 11.5 Å². The van der Waals surface area contributed by atoms with Crippen LogP contribution in [0.3, 0.4) is 0 Å². The molecule has 0 spiro atoms. The standard InChI is InChI=1S/C11H18ClN3O/c1-3-11(4-2,7-16)15-10-9(13)5-8(12)6-14-10/h5-6,16H,3-4,7,13H2,1-2H3,(H,14,15). The lowest BCUT2D eigenvalue weighted by molar-refractivity contribution is 0.202. The number of aliphatic hydroxyl groups excluding tert-OH is 1. The molecular formula is C11H18ClN3O. The Morgan fingerprint density at radius 2 is 2.12 bits per heavy atom. The highest BCUT2D eigenvalue weighted by Gasteiger charge is 2.25. The highest BCUT2D eigenvalue weighted by molar-refractivity contribution is 6.30. The van der Waals surface area contributed by atoms with E-state index in [1.807, 2.05) is 13.8 Å². The number of rotatable bonds is 5. The lowest BCUT2D eigenvalue weighted by Gasteiger charge is -2.31. The van der Waals surface area contributed by atoms with Crippen molar-refractivity contribution in [2.75, 3.05) is 17.7 Å². The van der Waals surface area contributed by atoms with Crippen molar-refractivity contribution >= 4 is 23.1 Å². The Hall–Kier alpha value is -1.00. The van der Waals surface area contributed by atoms with Gasteiger partial charge >= 0.3 is 0 Å². The normalized spacial score (nSPS) is 11.5. The number of nitrogens with one attached hydrogen (secondary N) is 1. The van der Waals surface area contributed by atoms with Crippen LogP contribution in [0.2, 0.25) is 5.02 Å². The summed E-state index contributed by atoms with van der Waals surface area (Å²) in [6, 6.07) is 1.64. The predicted molar refractivity (Wildman–Crippen MR) is 67.7 cm³/mol. The van der Waals surface area contributed by atoms with E-state index in [0.29, 0.717) is 16.5 Å². The van der Waals surface area contributed by atoms with Crippen molar-refractivity contribution in [3.05, 3.63) is 17.3 Å². The molecule has 0 saturated heterocycles. The number of halogens is 1. The van der Waals surface area contributed by atoms with E-state index in [0.717, 1.165) is 12.8 Å². The van der Waals surface area contributed by atoms with Crippen molar-refractivity contribution in [2.24, 2.45) is 0 Å². The van der Waals surface area contributed by atoms with E-state index in [2.05, 4.69) is 10.3 Å². The van der Waals surface area contributed by atoms with Gasteiger partial charge in [-0.05, 0) is 18.9 Å². The van der Waals surface area contributed by atoms with Crippen molar-refractivity contribution < 1.29 is 5.11 Å². The summed E-state index contributed by atoms with van der Waals surface area (Å²) in [6.07, 6.45) is 3.13. The Kier molecular flexibility index (Phi) is 4.38. The number of aromatic nitrogens is 1. The smallest absolute Gasteiger partial charge is 0.149 e. The van der Waals surface area contributed by atoms with Crippen LogP contribution in [0, 0.1) is 0 Å². The number of nitrogens with two attached hydrogens (primary N) is 1. The summed E-state index contributed by atoms with van der Waals surface area (Å²) in [6.45, 7) is 4.07. The minimum absolute atomic E-state index is 0.0454. The average Bonchev–Trinajstić information content (AvgIpc) is 2.29. The van der Waals surface area contributed by atoms with Gasteiger partial charge in [-0.1, -0.05) is 25.4 Å². The molecule has 0 bridgehead atoms. The van der Waals surface area contributed by atoms with Gasteiger partial charge < -0.3 is 16.2 Å². The van der Waals surface area contributed by atoms with Crippen LogP contribution >= 0.6 is 11.6 Å². The minimum atomic E-state index is -0.366. The second-order valence-corrected chi connectivity index (χ2v) is 4.30. The van der Waals surface area contributed by atoms with Crippen molar-refractivity contribution in [3.63, 3.8) is 0 Å². The molecule has 16 heavy (non-hydrogen) atoms. The van der Waals surface area contributed by atoms with Crippen LogP contribution in [-0.4, -0.2) is 22.2 Å². The Morgan fingerprint density at radius 1 is 1.50 bits per heavy atom. The van der Waals surface area contributed by atoms with Crippen LogP contribution < -0.4 is 11.1 Å². The number of hydrogen-bond donors (Lipinski definition) is 3. The summed E-state index contributed by atoms with van der Waals surface area (Å²) < 4.78 is 0. The van der Waals surface area contributed by atoms with E-state index in [1.165, 1.54) is 6.20 Å². The third-order valence-corrected chi connectivity index (χ3v) is 3.13. The summed E-state index contributed by atoms with van der Waals surface area (Å²) in [5, 5.41) is 13.1. The van der Waals surface area contributed by atoms with Gasteiger partial charge in [-0.15, -0.1) is 0 Å². The monoisotopic (exact) mass is 243 g/mol. The van der Waals surface area contributed by atoms with Crippen molar-refractivity contribution in [3.8, 4) is 0 Å². The molecule has 4 N–H and O–H groups in total. The maximum absolute atomic E-state index is 9.43. The summed E-state index contributed by atoms with van der Waals surface area (Å²) in [5.74, 6) is 0.571. The molecule has 0 saturated carbocycles. The first kappa shape index (κ1) is 13.1. The number of anilines is 2. The molecule has 0 radical (unpaired) electrons. The summed E-state index contributed by atoms with van der Waals surface area (Å²) in [5.41, 5.74) is 5.93. The Balaban J connectivity index is 2.93. The van der Waals surface area contributed by atoms with Crippen LogP contribution in [0.25, 0.3) is 0 Å². The third kappa shape index (κ3) is 2.77. The molecule has 5 heteroatoms. The highest BCUT2D eigenvalue weighted by atomic mass is 35.5. The Bertz CT molecular complexity index is 345. The molecule has 0 aromatic carbocycles. The van der Waals surface area contributed by atoms with Crippen molar-refractivity contribution in [1.82, 2.24) is 4.98 Å². The average molecular weight is 244 g/mol. The minimum Gasteiger partial charge on any atom is -0.396 e. The fourth-order valence-corrected chi connectivity index (χ4v) is 1.67. The molecule has 4 nitrogen and oxygen atoms in total. The zero-order chi connectivity index (χ0) is 12.2. The van der Waals surface area contributed by atoms with E-state index in [4.69, 9.17) is 17.3 Å². The maximum atomic E-state index is 9.43. The van der Waals surface area contributed by atoms with Crippen LogP contribution in [0.15, 0.2) is 12.3 Å². The van der Waals surface area contributed by atoms with E-state index in [9.17, 15) is 5.11 Å². The number of nitrogen functional groups attached to an aromatic ring is 1. The summed E-state index contributed by atoms with van der Waals surface area (Å²) in [4.78, 5) is 4.13. The zero-order valence-electron chi connectivity index (χ0n) is 9.63. The molecule has 0 unspecified atom stereocenters. The van der Waals surface area contributed by atoms with Crippen molar-refractivity contribution in [1.29, 1.82) is 0 Å². The molecule has 1 rings (SSSR count). The fourth-order valence-electron chi connectivity index (χ4n) is 1.50. The van der Waals surface area contributed by atoms with E-state index < -0.39 is 0 Å². The molecule has 0 aliphatic heterocycles. The maximum Gasteiger partial charge on any atom is 0.149 e. The van der Waals surface area contributed by atoms with Crippen LogP contribution in [-0.2, 0) is 0 Å². The van der Waals surface area contributed by atoms with E-state index in [1.54, 1.807) is 6.07 Å². The third-order valence-electron chi connectivity index (χ3n) is 2.92. The molecule has 0 atom stereocenters. The first-order chi connectivity index (χ1) is 7.56. The predicted octanol–water partition coefficient (Wildman–Crippen LogP) is 2.28. The van der Waals surface area contributed by atoms with Gasteiger partial charge in [-0.2, -0.15) is 0 Å². The van der Waals surface area contributed by atoms with Gasteiger partial charge in [0.2, 0.25) is 0 Å². The summed E-state index contributed by atoms with van der Waals surface area (Å²) in [7, 11) is 0. The van der Waals surface area contributed by atoms with Gasteiger partial charge in [-0.3, -0.25) is 0 Å². The second-order valence-electron chi connectivity index (χ2n) is 3.86. The van der Waals surface area contributed by atoms with Gasteiger partial charge in [0, 0.05) is 6.20 Å². The number of pyridine rings is 1. The van der Waals surface area contributed by atoms with Crippen LogP contribution in [0.1, 0.15) is 26.7 Å². The summed E-state index contributed by atoms with van der Waals surface area (Å²) >= 11 is 5.77. The van der Waals surface area contributed by atoms with Gasteiger partial charge in [0.1, 0.15) is 5.82 Å². The molecule has 1 aromatic rings. The molecule has 1 aromatic heterocycles. The van der Waals surface area contributed by atoms with Crippen LogP contribution in [0.5, 0.6) is 0 Å². The number of nitrogens with zero attached hydrogens (tertiary/aromatic N) is 1. The number of aliphatic hydroxyl groups is 1. The quantitative estimate of drug-likeness (QED) is 0.742. The Morgan fingerprint density at radius 3 is 2.56 bits per heavy atom. The SMILES string of the molecule is CCC(CC)(CO)Nc1ncc(Cl)cc1N. The molecule has 0 fully saturated rings. The molecule has 90 valence electrons. The molecule has 0 aliphatic carbocycles. The molecule has 0 amide bonds. The molecule has 0 aliphatic rings. The second kappa shape index (κ2) is 5.37. The van der Waals surface area contributed by atoms with Gasteiger partial charge in [0.25, 0.3) is 0 Å². The molecule has 1 heterocycles. The lowest BCUT2D eigenvalue weighted by atomic mass is 9.94. The zero-order valence-corrected chi connectivity index (χ0v) is 10.4. The topological polar surface area (TPSA) is 71.2 Å². The Labute approximate surface area is 101 Å². The van der Waals surface area contributed by atoms with Gasteiger partial charge in [0.05, 0.1) is 22.9 Å². The van der Waals surface area contributed by atoms with Gasteiger partial charge in [-0.25, -0.2) is 4.98 Å². The van der Waals surface area contributed by atoms with E-state index >= 15 is 0 Å². The fraction of sp³-hybridized carbons (Fsp3) is 0.545. The van der Waals surface area contributed by atoms with Crippen molar-refractivity contribution in [2.45, 2.75) is 32.2 Å². The van der Waals surface area contributed by atoms with E-state index in [-0.39, 0.29) is 12.1 Å². The largest absolute Gasteiger partial charge is 0.396 e. The molecular weight excluding hydrogens is 226 g/mol. The lowest BCUT2D eigenvalue weighted by Crippen LogP contribution is -2.41. The first-order valence-electron chi connectivity index (χ1n) is 5.37. The van der Waals surface area contributed by atoms with Gasteiger partial charge in [0.15, 0.2) is 0 Å². The first-order valence-corrected chi connectivity index (χ1v) is 5.74.